The third-order valence-corrected chi connectivity index (χ3v) is 4.44. The van der Waals surface area contributed by atoms with E-state index in [4.69, 9.17) is 16.1 Å². The summed E-state index contributed by atoms with van der Waals surface area (Å²) in [5.74, 6) is 2.47. The van der Waals surface area contributed by atoms with Crippen molar-refractivity contribution < 1.29 is 4.52 Å². The highest BCUT2D eigenvalue weighted by molar-refractivity contribution is 6.30. The Hall–Kier alpha value is -2.47. The molecule has 0 aliphatic carbocycles. The van der Waals surface area contributed by atoms with Crippen molar-refractivity contribution in [3.63, 3.8) is 0 Å². The van der Waals surface area contributed by atoms with Crippen LogP contribution >= 0.6 is 11.6 Å². The van der Waals surface area contributed by atoms with Crippen LogP contribution < -0.4 is 4.90 Å². The summed E-state index contributed by atoms with van der Waals surface area (Å²) in [5, 5.41) is 4.71. The van der Waals surface area contributed by atoms with Gasteiger partial charge in [0.1, 0.15) is 11.5 Å². The molecule has 0 radical (unpaired) electrons. The summed E-state index contributed by atoms with van der Waals surface area (Å²) >= 11 is 5.89. The van der Waals surface area contributed by atoms with Crippen molar-refractivity contribution >= 4 is 17.4 Å². The van der Waals surface area contributed by atoms with Gasteiger partial charge in [-0.25, -0.2) is 4.98 Å². The third kappa shape index (κ3) is 3.10. The molecule has 0 spiro atoms. The van der Waals surface area contributed by atoms with Gasteiger partial charge < -0.3 is 9.42 Å². The molecule has 4 rings (SSSR count). The maximum Gasteiger partial charge on any atom is 0.230 e. The van der Waals surface area contributed by atoms with Crippen LogP contribution in [0.2, 0.25) is 5.02 Å². The second kappa shape index (κ2) is 6.57. The van der Waals surface area contributed by atoms with E-state index >= 15 is 0 Å². The van der Waals surface area contributed by atoms with Crippen molar-refractivity contribution in [1.82, 2.24) is 20.1 Å². The van der Waals surface area contributed by atoms with Crippen LogP contribution in [0.1, 0.15) is 24.7 Å². The summed E-state index contributed by atoms with van der Waals surface area (Å²) in [7, 11) is 0. The number of nitrogens with zero attached hydrogens (tertiary/aromatic N) is 5. The first-order valence-corrected chi connectivity index (χ1v) is 8.29. The Bertz CT molecular complexity index is 797. The summed E-state index contributed by atoms with van der Waals surface area (Å²) in [5.41, 5.74) is 0.732. The SMILES string of the molecule is Clc1ccc(N2CCC(c3nc(-c4ccccn4)no3)CC2)nc1. The highest BCUT2D eigenvalue weighted by Gasteiger charge is 2.26. The zero-order valence-electron chi connectivity index (χ0n) is 13.0. The summed E-state index contributed by atoms with van der Waals surface area (Å²) < 4.78 is 5.46. The van der Waals surface area contributed by atoms with Gasteiger partial charge in [0.2, 0.25) is 11.7 Å². The van der Waals surface area contributed by atoms with Crippen LogP contribution in [0.15, 0.2) is 47.2 Å². The minimum atomic E-state index is 0.276. The number of halogens is 1. The fourth-order valence-corrected chi connectivity index (χ4v) is 3.02. The van der Waals surface area contributed by atoms with Gasteiger partial charge in [0.15, 0.2) is 0 Å². The van der Waals surface area contributed by atoms with Gasteiger partial charge in [-0.05, 0) is 37.1 Å². The first-order chi connectivity index (χ1) is 11.8. The molecule has 24 heavy (non-hydrogen) atoms. The van der Waals surface area contributed by atoms with Gasteiger partial charge >= 0.3 is 0 Å². The molecule has 1 saturated heterocycles. The number of aromatic nitrogens is 4. The van der Waals surface area contributed by atoms with Crippen LogP contribution in [0.3, 0.4) is 0 Å². The van der Waals surface area contributed by atoms with Crippen LogP contribution in [-0.4, -0.2) is 33.2 Å². The van der Waals surface area contributed by atoms with Crippen LogP contribution in [0.25, 0.3) is 11.5 Å². The predicted octanol–water partition coefficient (Wildman–Crippen LogP) is 3.56. The van der Waals surface area contributed by atoms with Gasteiger partial charge in [-0.3, -0.25) is 4.98 Å². The first-order valence-electron chi connectivity index (χ1n) is 7.91. The van der Waals surface area contributed by atoms with Crippen LogP contribution in [-0.2, 0) is 0 Å². The van der Waals surface area contributed by atoms with E-state index in [1.165, 1.54) is 0 Å². The molecule has 4 heterocycles. The molecule has 0 N–H and O–H groups in total. The molecule has 7 heteroatoms. The topological polar surface area (TPSA) is 67.9 Å². The molecule has 0 aromatic carbocycles. The molecule has 0 atom stereocenters. The molecule has 0 unspecified atom stereocenters. The van der Waals surface area contributed by atoms with Crippen LogP contribution in [0, 0.1) is 0 Å². The molecular weight excluding hydrogens is 326 g/mol. The van der Waals surface area contributed by atoms with E-state index in [2.05, 4.69) is 25.0 Å². The number of piperidine rings is 1. The minimum Gasteiger partial charge on any atom is -0.357 e. The Morgan fingerprint density at radius 2 is 1.96 bits per heavy atom. The Morgan fingerprint density at radius 3 is 2.67 bits per heavy atom. The maximum atomic E-state index is 5.89. The lowest BCUT2D eigenvalue weighted by Gasteiger charge is -2.31. The zero-order chi connectivity index (χ0) is 16.4. The lowest BCUT2D eigenvalue weighted by molar-refractivity contribution is 0.329. The van der Waals surface area contributed by atoms with Gasteiger partial charge in [-0.15, -0.1) is 0 Å². The molecule has 3 aromatic heterocycles. The predicted molar refractivity (Wildman–Crippen MR) is 91.0 cm³/mol. The summed E-state index contributed by atoms with van der Waals surface area (Å²) in [4.78, 5) is 15.4. The van der Waals surface area contributed by atoms with E-state index in [1.807, 2.05) is 30.3 Å². The largest absolute Gasteiger partial charge is 0.357 e. The smallest absolute Gasteiger partial charge is 0.230 e. The van der Waals surface area contributed by atoms with E-state index in [0.29, 0.717) is 16.7 Å². The normalized spacial score (nSPS) is 15.6. The fraction of sp³-hybridized carbons (Fsp3) is 0.294. The minimum absolute atomic E-state index is 0.276. The summed E-state index contributed by atoms with van der Waals surface area (Å²) in [6, 6.07) is 9.48. The average molecular weight is 342 g/mol. The van der Waals surface area contributed by atoms with Gasteiger partial charge in [0.25, 0.3) is 0 Å². The number of hydrogen-bond acceptors (Lipinski definition) is 6. The Labute approximate surface area is 144 Å². The Morgan fingerprint density at radius 1 is 1.08 bits per heavy atom. The monoisotopic (exact) mass is 341 g/mol. The quantitative estimate of drug-likeness (QED) is 0.725. The zero-order valence-corrected chi connectivity index (χ0v) is 13.7. The van der Waals surface area contributed by atoms with E-state index < -0.39 is 0 Å². The lowest BCUT2D eigenvalue weighted by atomic mass is 9.97. The number of pyridine rings is 2. The molecule has 6 nitrogen and oxygen atoms in total. The molecule has 0 saturated carbocycles. The maximum absolute atomic E-state index is 5.89. The number of rotatable bonds is 3. The van der Waals surface area contributed by atoms with E-state index in [-0.39, 0.29) is 5.92 Å². The summed E-state index contributed by atoms with van der Waals surface area (Å²) in [6.45, 7) is 1.81. The second-order valence-electron chi connectivity index (χ2n) is 5.77. The number of hydrogen-bond donors (Lipinski definition) is 0. The molecular formula is C17H16ClN5O. The van der Waals surface area contributed by atoms with Gasteiger partial charge in [-0.2, -0.15) is 4.98 Å². The second-order valence-corrected chi connectivity index (χ2v) is 6.20. The van der Waals surface area contributed by atoms with Crippen LogP contribution in [0.4, 0.5) is 5.82 Å². The fourth-order valence-electron chi connectivity index (χ4n) is 2.91. The summed E-state index contributed by atoms with van der Waals surface area (Å²) in [6.07, 6.45) is 5.31. The first kappa shape index (κ1) is 15.1. The standard InChI is InChI=1S/C17H16ClN5O/c18-13-4-5-15(20-11-13)23-9-6-12(7-10-23)17-21-16(22-24-17)14-3-1-2-8-19-14/h1-5,8,11-12H,6-7,9-10H2. The highest BCUT2D eigenvalue weighted by atomic mass is 35.5. The third-order valence-electron chi connectivity index (χ3n) is 4.22. The van der Waals surface area contributed by atoms with Crippen molar-refractivity contribution in [2.75, 3.05) is 18.0 Å². The Balaban J connectivity index is 1.43. The van der Waals surface area contributed by atoms with Crippen LogP contribution in [0.5, 0.6) is 0 Å². The van der Waals surface area contributed by atoms with Crippen molar-refractivity contribution in [2.24, 2.45) is 0 Å². The Kier molecular flexibility index (Phi) is 4.13. The molecule has 3 aromatic rings. The lowest BCUT2D eigenvalue weighted by Crippen LogP contribution is -2.33. The van der Waals surface area contributed by atoms with Gasteiger partial charge in [0.05, 0.1) is 5.02 Å². The van der Waals surface area contributed by atoms with Crippen molar-refractivity contribution in [3.8, 4) is 11.5 Å². The van der Waals surface area contributed by atoms with Gasteiger partial charge in [0, 0.05) is 31.4 Å². The van der Waals surface area contributed by atoms with E-state index in [9.17, 15) is 0 Å². The number of anilines is 1. The molecule has 1 aliphatic rings. The molecule has 0 amide bonds. The van der Waals surface area contributed by atoms with Gasteiger partial charge in [-0.1, -0.05) is 22.8 Å². The highest BCUT2D eigenvalue weighted by Crippen LogP contribution is 2.30. The molecule has 1 fully saturated rings. The van der Waals surface area contributed by atoms with E-state index in [1.54, 1.807) is 12.4 Å². The van der Waals surface area contributed by atoms with Crippen molar-refractivity contribution in [3.05, 3.63) is 53.6 Å². The average Bonchev–Trinajstić information content (AvgIpc) is 3.13. The molecule has 0 bridgehead atoms. The molecule has 122 valence electrons. The van der Waals surface area contributed by atoms with E-state index in [0.717, 1.165) is 37.4 Å². The van der Waals surface area contributed by atoms with Crippen molar-refractivity contribution in [1.29, 1.82) is 0 Å². The molecule has 1 aliphatic heterocycles. The van der Waals surface area contributed by atoms with Crippen molar-refractivity contribution in [2.45, 2.75) is 18.8 Å².